The van der Waals surface area contributed by atoms with Gasteiger partial charge in [-0.25, -0.2) is 4.79 Å². The topological polar surface area (TPSA) is 71.8 Å². The Morgan fingerprint density at radius 1 is 1.58 bits per heavy atom. The lowest BCUT2D eigenvalue weighted by molar-refractivity contribution is 0.237. The Balaban J connectivity index is 1.83. The van der Waals surface area contributed by atoms with Crippen molar-refractivity contribution in [3.8, 4) is 0 Å². The molecule has 2 N–H and O–H groups in total. The van der Waals surface area contributed by atoms with Crippen molar-refractivity contribution in [2.24, 2.45) is 7.05 Å². The van der Waals surface area contributed by atoms with Crippen LogP contribution < -0.4 is 10.6 Å². The molecule has 0 aliphatic heterocycles. The number of carbonyl (C=O) groups is 1. The summed E-state index contributed by atoms with van der Waals surface area (Å²) in [5.74, 6) is 0.703. The molecule has 19 heavy (non-hydrogen) atoms. The zero-order valence-electron chi connectivity index (χ0n) is 10.6. The molecule has 102 valence electrons. The fourth-order valence-corrected chi connectivity index (χ4v) is 2.64. The number of amides is 2. The number of nitrogens with zero attached hydrogens (tertiary/aromatic N) is 3. The van der Waals surface area contributed by atoms with Gasteiger partial charge in [0.05, 0.1) is 16.9 Å². The summed E-state index contributed by atoms with van der Waals surface area (Å²) >= 11 is 7.26. The van der Waals surface area contributed by atoms with Gasteiger partial charge in [0, 0.05) is 11.9 Å². The average molecular weight is 300 g/mol. The lowest BCUT2D eigenvalue weighted by Gasteiger charge is -2.13. The third kappa shape index (κ3) is 3.68. The van der Waals surface area contributed by atoms with Crippen molar-refractivity contribution in [1.29, 1.82) is 0 Å². The highest BCUT2D eigenvalue weighted by molar-refractivity contribution is 7.16. The molecule has 0 aliphatic rings. The number of rotatable bonds is 4. The first-order valence-electron chi connectivity index (χ1n) is 5.68. The molecule has 0 saturated carbocycles. The first kappa shape index (κ1) is 13.8. The van der Waals surface area contributed by atoms with Crippen LogP contribution in [-0.2, 0) is 13.6 Å². The number of urea groups is 1. The average Bonchev–Trinajstić information content (AvgIpc) is 2.95. The number of nitrogens with one attached hydrogen (secondary N) is 2. The number of aryl methyl sites for hydroxylation is 1. The molecule has 2 aromatic rings. The van der Waals surface area contributed by atoms with Crippen molar-refractivity contribution < 1.29 is 4.79 Å². The van der Waals surface area contributed by atoms with Gasteiger partial charge in [-0.05, 0) is 19.1 Å². The molecule has 6 nitrogen and oxygen atoms in total. The van der Waals surface area contributed by atoms with Gasteiger partial charge >= 0.3 is 6.03 Å². The van der Waals surface area contributed by atoms with Gasteiger partial charge in [-0.3, -0.25) is 0 Å². The minimum atomic E-state index is -0.250. The predicted molar refractivity (Wildman–Crippen MR) is 74.1 cm³/mol. The second-order valence-corrected chi connectivity index (χ2v) is 5.85. The number of carbonyl (C=O) groups excluding carboxylic acids is 1. The number of thiophene rings is 1. The van der Waals surface area contributed by atoms with Gasteiger partial charge in [0.2, 0.25) is 0 Å². The largest absolute Gasteiger partial charge is 0.333 e. The van der Waals surface area contributed by atoms with Crippen LogP contribution in [0.15, 0.2) is 18.5 Å². The van der Waals surface area contributed by atoms with Gasteiger partial charge in [0.25, 0.3) is 0 Å². The van der Waals surface area contributed by atoms with Crippen LogP contribution in [0.2, 0.25) is 4.34 Å². The molecule has 0 aromatic carbocycles. The van der Waals surface area contributed by atoms with Crippen LogP contribution in [0.4, 0.5) is 4.79 Å². The number of halogens is 1. The van der Waals surface area contributed by atoms with E-state index in [2.05, 4.69) is 20.8 Å². The summed E-state index contributed by atoms with van der Waals surface area (Å²) < 4.78 is 2.48. The number of aromatic nitrogens is 3. The van der Waals surface area contributed by atoms with E-state index in [1.807, 2.05) is 26.1 Å². The molecule has 2 aromatic heterocycles. The molecule has 0 radical (unpaired) electrons. The lowest BCUT2D eigenvalue weighted by Crippen LogP contribution is -2.37. The molecule has 2 heterocycles. The van der Waals surface area contributed by atoms with Gasteiger partial charge in [-0.1, -0.05) is 11.6 Å². The van der Waals surface area contributed by atoms with E-state index in [4.69, 9.17) is 11.6 Å². The summed E-state index contributed by atoms with van der Waals surface area (Å²) in [6, 6.07) is 3.24. The quantitative estimate of drug-likeness (QED) is 0.908. The zero-order chi connectivity index (χ0) is 13.8. The maximum atomic E-state index is 11.7. The van der Waals surface area contributed by atoms with Crippen molar-refractivity contribution in [2.45, 2.75) is 19.5 Å². The summed E-state index contributed by atoms with van der Waals surface area (Å²) in [5.41, 5.74) is 0. The van der Waals surface area contributed by atoms with Crippen LogP contribution >= 0.6 is 22.9 Å². The first-order chi connectivity index (χ1) is 9.06. The Morgan fingerprint density at radius 3 is 2.95 bits per heavy atom. The molecule has 2 amide bonds. The van der Waals surface area contributed by atoms with Crippen LogP contribution in [0.5, 0.6) is 0 Å². The van der Waals surface area contributed by atoms with Crippen molar-refractivity contribution in [1.82, 2.24) is 25.4 Å². The SMILES string of the molecule is CC(NC(=O)NCc1ccc(Cl)s1)c1nncn1C. The summed E-state index contributed by atoms with van der Waals surface area (Å²) in [7, 11) is 1.83. The summed E-state index contributed by atoms with van der Waals surface area (Å²) in [6.07, 6.45) is 1.60. The second-order valence-electron chi connectivity index (χ2n) is 4.05. The first-order valence-corrected chi connectivity index (χ1v) is 6.88. The highest BCUT2D eigenvalue weighted by Crippen LogP contribution is 2.20. The summed E-state index contributed by atoms with van der Waals surface area (Å²) in [5, 5.41) is 13.3. The fourth-order valence-electron chi connectivity index (χ4n) is 1.61. The minimum Gasteiger partial charge on any atom is -0.333 e. The van der Waals surface area contributed by atoms with Gasteiger partial charge in [-0.2, -0.15) is 0 Å². The molecule has 0 spiro atoms. The molecule has 2 rings (SSSR count). The van der Waals surface area contributed by atoms with Crippen LogP contribution in [-0.4, -0.2) is 20.8 Å². The Morgan fingerprint density at radius 2 is 2.37 bits per heavy atom. The van der Waals surface area contributed by atoms with Crippen LogP contribution in [0.25, 0.3) is 0 Å². The van der Waals surface area contributed by atoms with Crippen molar-refractivity contribution in [3.63, 3.8) is 0 Å². The normalized spacial score (nSPS) is 12.2. The maximum Gasteiger partial charge on any atom is 0.315 e. The Labute approximate surface area is 119 Å². The highest BCUT2D eigenvalue weighted by Gasteiger charge is 2.13. The van der Waals surface area contributed by atoms with Crippen molar-refractivity contribution in [2.75, 3.05) is 0 Å². The molecule has 0 bridgehead atoms. The van der Waals surface area contributed by atoms with E-state index in [-0.39, 0.29) is 12.1 Å². The van der Waals surface area contributed by atoms with Gasteiger partial charge in [0.1, 0.15) is 6.33 Å². The fraction of sp³-hybridized carbons (Fsp3) is 0.364. The Bertz CT molecular complexity index is 567. The van der Waals surface area contributed by atoms with E-state index in [9.17, 15) is 4.79 Å². The maximum absolute atomic E-state index is 11.7. The van der Waals surface area contributed by atoms with Crippen LogP contribution in [0.3, 0.4) is 0 Å². The molecule has 0 aliphatic carbocycles. The summed E-state index contributed by atoms with van der Waals surface area (Å²) in [6.45, 7) is 2.31. The molecule has 8 heteroatoms. The lowest BCUT2D eigenvalue weighted by atomic mass is 10.3. The molecule has 0 fully saturated rings. The van der Waals surface area contributed by atoms with Gasteiger partial charge in [0.15, 0.2) is 5.82 Å². The third-order valence-electron chi connectivity index (χ3n) is 2.53. The third-order valence-corrected chi connectivity index (χ3v) is 3.76. The minimum absolute atomic E-state index is 0.209. The number of hydrogen-bond acceptors (Lipinski definition) is 4. The highest BCUT2D eigenvalue weighted by atomic mass is 35.5. The van der Waals surface area contributed by atoms with E-state index in [0.29, 0.717) is 16.7 Å². The smallest absolute Gasteiger partial charge is 0.315 e. The van der Waals surface area contributed by atoms with E-state index >= 15 is 0 Å². The zero-order valence-corrected chi connectivity index (χ0v) is 12.1. The van der Waals surface area contributed by atoms with E-state index in [1.165, 1.54) is 11.3 Å². The number of hydrogen-bond donors (Lipinski definition) is 2. The van der Waals surface area contributed by atoms with E-state index < -0.39 is 0 Å². The molecular formula is C11H14ClN5OS. The Hall–Kier alpha value is -1.60. The van der Waals surface area contributed by atoms with E-state index in [1.54, 1.807) is 10.9 Å². The van der Waals surface area contributed by atoms with E-state index in [0.717, 1.165) is 4.88 Å². The predicted octanol–water partition coefficient (Wildman–Crippen LogP) is 2.09. The van der Waals surface area contributed by atoms with Crippen LogP contribution in [0.1, 0.15) is 23.7 Å². The molecular weight excluding hydrogens is 286 g/mol. The van der Waals surface area contributed by atoms with Crippen LogP contribution in [0, 0.1) is 0 Å². The van der Waals surface area contributed by atoms with Gasteiger partial charge in [-0.15, -0.1) is 21.5 Å². The molecule has 1 atom stereocenters. The second kappa shape index (κ2) is 6.03. The monoisotopic (exact) mass is 299 g/mol. The molecule has 1 unspecified atom stereocenters. The summed E-state index contributed by atoms with van der Waals surface area (Å²) in [4.78, 5) is 12.7. The molecule has 0 saturated heterocycles. The Kier molecular flexibility index (Phi) is 4.39. The van der Waals surface area contributed by atoms with Gasteiger partial charge < -0.3 is 15.2 Å². The standard InChI is InChI=1S/C11H14ClN5OS/c1-7(10-16-14-6-17(10)2)15-11(18)13-5-8-3-4-9(12)19-8/h3-4,6-7H,5H2,1-2H3,(H2,13,15,18). The van der Waals surface area contributed by atoms with Crippen molar-refractivity contribution >= 4 is 29.0 Å². The van der Waals surface area contributed by atoms with Crippen molar-refractivity contribution in [3.05, 3.63) is 33.5 Å².